The molecule has 0 atom stereocenters. The normalized spacial score (nSPS) is 9.95. The van der Waals surface area contributed by atoms with E-state index in [9.17, 15) is 9.59 Å². The molecule has 1 heterocycles. The molecule has 0 radical (unpaired) electrons. The Hall–Kier alpha value is -2.14. The maximum atomic E-state index is 12.1. The van der Waals surface area contributed by atoms with Crippen molar-refractivity contribution in [2.45, 2.75) is 6.92 Å². The van der Waals surface area contributed by atoms with Gasteiger partial charge in [-0.25, -0.2) is 4.79 Å². The molecule has 98 valence electrons. The molecule has 0 saturated carbocycles. The lowest BCUT2D eigenvalue weighted by Gasteiger charge is -2.20. The van der Waals surface area contributed by atoms with Crippen molar-refractivity contribution < 1.29 is 9.59 Å². The fourth-order valence-electron chi connectivity index (χ4n) is 1.69. The summed E-state index contributed by atoms with van der Waals surface area (Å²) in [4.78, 5) is 25.9. The average Bonchev–Trinajstić information content (AvgIpc) is 2.94. The van der Waals surface area contributed by atoms with E-state index in [0.29, 0.717) is 11.4 Å². The smallest absolute Gasteiger partial charge is 0.294 e. The van der Waals surface area contributed by atoms with E-state index in [1.807, 2.05) is 37.3 Å². The quantitative estimate of drug-likeness (QED) is 0.934. The van der Waals surface area contributed by atoms with E-state index in [0.717, 1.165) is 5.69 Å². The first-order valence-corrected chi connectivity index (χ1v) is 6.81. The molecule has 19 heavy (non-hydrogen) atoms. The van der Waals surface area contributed by atoms with Crippen molar-refractivity contribution in [3.63, 3.8) is 0 Å². The number of rotatable bonds is 3. The van der Waals surface area contributed by atoms with Crippen LogP contribution in [-0.2, 0) is 0 Å². The maximum absolute atomic E-state index is 12.1. The van der Waals surface area contributed by atoms with Crippen LogP contribution in [0.5, 0.6) is 0 Å². The van der Waals surface area contributed by atoms with Crippen molar-refractivity contribution in [3.05, 3.63) is 52.7 Å². The molecule has 1 aromatic heterocycles. The van der Waals surface area contributed by atoms with E-state index in [-0.39, 0.29) is 5.91 Å². The summed E-state index contributed by atoms with van der Waals surface area (Å²) in [6.07, 6.45) is 0. The third-order valence-corrected chi connectivity index (χ3v) is 3.46. The molecular formula is C14H14N2O2S. The zero-order valence-electron chi connectivity index (χ0n) is 10.5. The van der Waals surface area contributed by atoms with Crippen molar-refractivity contribution in [1.82, 2.24) is 5.32 Å². The van der Waals surface area contributed by atoms with Crippen LogP contribution >= 0.6 is 11.3 Å². The Bertz CT molecular complexity index is 552. The third-order valence-electron chi connectivity index (χ3n) is 2.59. The first kappa shape index (κ1) is 13.3. The molecule has 0 aliphatic rings. The van der Waals surface area contributed by atoms with Gasteiger partial charge in [-0.3, -0.25) is 15.0 Å². The van der Waals surface area contributed by atoms with Crippen molar-refractivity contribution in [2.24, 2.45) is 0 Å². The third kappa shape index (κ3) is 3.20. The van der Waals surface area contributed by atoms with E-state index in [1.165, 1.54) is 16.2 Å². The molecule has 0 fully saturated rings. The van der Waals surface area contributed by atoms with E-state index >= 15 is 0 Å². The zero-order chi connectivity index (χ0) is 13.7. The Kier molecular flexibility index (Phi) is 4.30. The van der Waals surface area contributed by atoms with E-state index < -0.39 is 6.03 Å². The summed E-state index contributed by atoms with van der Waals surface area (Å²) in [5.41, 5.74) is 0.765. The lowest BCUT2D eigenvalue weighted by molar-refractivity contribution is 0.0969. The number of imide groups is 1. The predicted octanol–water partition coefficient (Wildman–Crippen LogP) is 3.12. The van der Waals surface area contributed by atoms with Gasteiger partial charge in [0.05, 0.1) is 4.88 Å². The van der Waals surface area contributed by atoms with E-state index in [4.69, 9.17) is 0 Å². The number of hydrogen-bond donors (Lipinski definition) is 1. The van der Waals surface area contributed by atoms with Crippen LogP contribution in [0.2, 0.25) is 0 Å². The highest BCUT2D eigenvalue weighted by molar-refractivity contribution is 7.12. The van der Waals surface area contributed by atoms with Crippen LogP contribution in [0.4, 0.5) is 10.5 Å². The van der Waals surface area contributed by atoms with Crippen molar-refractivity contribution >= 4 is 29.0 Å². The van der Waals surface area contributed by atoms with Gasteiger partial charge in [0.25, 0.3) is 5.91 Å². The number of anilines is 1. The highest BCUT2D eigenvalue weighted by Gasteiger charge is 2.17. The van der Waals surface area contributed by atoms with Crippen LogP contribution in [0, 0.1) is 0 Å². The van der Waals surface area contributed by atoms with Crippen LogP contribution in [0.15, 0.2) is 47.8 Å². The molecule has 4 nitrogen and oxygen atoms in total. The predicted molar refractivity (Wildman–Crippen MR) is 76.6 cm³/mol. The molecule has 0 bridgehead atoms. The van der Waals surface area contributed by atoms with Crippen LogP contribution in [0.1, 0.15) is 16.6 Å². The number of urea groups is 1. The number of amides is 3. The molecule has 0 unspecified atom stereocenters. The fraction of sp³-hybridized carbons (Fsp3) is 0.143. The number of hydrogen-bond acceptors (Lipinski definition) is 3. The average molecular weight is 274 g/mol. The minimum Gasteiger partial charge on any atom is -0.294 e. The van der Waals surface area contributed by atoms with Gasteiger partial charge in [-0.15, -0.1) is 11.3 Å². The van der Waals surface area contributed by atoms with Gasteiger partial charge in [-0.1, -0.05) is 24.3 Å². The van der Waals surface area contributed by atoms with E-state index in [1.54, 1.807) is 17.5 Å². The Balaban J connectivity index is 2.08. The summed E-state index contributed by atoms with van der Waals surface area (Å²) in [5, 5.41) is 4.19. The van der Waals surface area contributed by atoms with Gasteiger partial charge < -0.3 is 0 Å². The number of thiophene rings is 1. The monoisotopic (exact) mass is 274 g/mol. The number of carbonyl (C=O) groups is 2. The van der Waals surface area contributed by atoms with Gasteiger partial charge in [-0.05, 0) is 30.5 Å². The summed E-state index contributed by atoms with van der Waals surface area (Å²) in [6, 6.07) is 12.3. The van der Waals surface area contributed by atoms with E-state index in [2.05, 4.69) is 5.32 Å². The summed E-state index contributed by atoms with van der Waals surface area (Å²) >= 11 is 1.31. The van der Waals surface area contributed by atoms with Crippen LogP contribution in [0.3, 0.4) is 0 Å². The first-order chi connectivity index (χ1) is 9.22. The molecule has 2 rings (SSSR count). The Morgan fingerprint density at radius 1 is 1.16 bits per heavy atom. The summed E-state index contributed by atoms with van der Waals surface area (Å²) in [6.45, 7) is 2.36. The second kappa shape index (κ2) is 6.15. The maximum Gasteiger partial charge on any atom is 0.328 e. The number of para-hydroxylation sites is 1. The molecular weight excluding hydrogens is 260 g/mol. The molecule has 0 saturated heterocycles. The molecule has 1 N–H and O–H groups in total. The number of nitrogens with zero attached hydrogens (tertiary/aromatic N) is 1. The number of nitrogens with one attached hydrogen (secondary N) is 1. The highest BCUT2D eigenvalue weighted by atomic mass is 32.1. The molecule has 0 aliphatic carbocycles. The first-order valence-electron chi connectivity index (χ1n) is 5.93. The van der Waals surface area contributed by atoms with Gasteiger partial charge >= 0.3 is 6.03 Å². The molecule has 5 heteroatoms. The standard InChI is InChI=1S/C14H14N2O2S/c1-2-16(11-7-4-3-5-8-11)14(18)15-13(17)12-9-6-10-19-12/h3-10H,2H2,1H3,(H,15,17,18). The number of benzene rings is 1. The van der Waals surface area contributed by atoms with Gasteiger partial charge in [0.15, 0.2) is 0 Å². The van der Waals surface area contributed by atoms with Crippen molar-refractivity contribution in [3.8, 4) is 0 Å². The van der Waals surface area contributed by atoms with Crippen LogP contribution < -0.4 is 10.2 Å². The van der Waals surface area contributed by atoms with Crippen molar-refractivity contribution in [2.75, 3.05) is 11.4 Å². The lowest BCUT2D eigenvalue weighted by atomic mass is 10.3. The van der Waals surface area contributed by atoms with Gasteiger partial charge in [-0.2, -0.15) is 0 Å². The minimum atomic E-state index is -0.410. The second-order valence-corrected chi connectivity index (χ2v) is 4.76. The Morgan fingerprint density at radius 2 is 1.89 bits per heavy atom. The largest absolute Gasteiger partial charge is 0.328 e. The summed E-state index contributed by atoms with van der Waals surface area (Å²) in [7, 11) is 0. The summed E-state index contributed by atoms with van der Waals surface area (Å²) in [5.74, 6) is -0.366. The van der Waals surface area contributed by atoms with Crippen LogP contribution in [0.25, 0.3) is 0 Å². The molecule has 0 aliphatic heterocycles. The highest BCUT2D eigenvalue weighted by Crippen LogP contribution is 2.13. The van der Waals surface area contributed by atoms with Crippen molar-refractivity contribution in [1.29, 1.82) is 0 Å². The van der Waals surface area contributed by atoms with Gasteiger partial charge in [0.2, 0.25) is 0 Å². The molecule has 3 amide bonds. The fourth-order valence-corrected chi connectivity index (χ4v) is 2.30. The zero-order valence-corrected chi connectivity index (χ0v) is 11.3. The SMILES string of the molecule is CCN(C(=O)NC(=O)c1cccs1)c1ccccc1. The Morgan fingerprint density at radius 3 is 2.47 bits per heavy atom. The summed E-state index contributed by atoms with van der Waals surface area (Å²) < 4.78 is 0. The minimum absolute atomic E-state index is 0.366. The topological polar surface area (TPSA) is 49.4 Å². The molecule has 2 aromatic rings. The lowest BCUT2D eigenvalue weighted by Crippen LogP contribution is -2.42. The molecule has 1 aromatic carbocycles. The second-order valence-electron chi connectivity index (χ2n) is 3.82. The van der Waals surface area contributed by atoms with Crippen LogP contribution in [-0.4, -0.2) is 18.5 Å². The van der Waals surface area contributed by atoms with Gasteiger partial charge in [0.1, 0.15) is 0 Å². The molecule has 0 spiro atoms. The van der Waals surface area contributed by atoms with Gasteiger partial charge in [0, 0.05) is 12.2 Å². The Labute approximate surface area is 115 Å². The number of carbonyl (C=O) groups excluding carboxylic acids is 2.